The fourth-order valence-corrected chi connectivity index (χ4v) is 3.35. The highest BCUT2D eigenvalue weighted by molar-refractivity contribution is 7.09. The summed E-state index contributed by atoms with van der Waals surface area (Å²) in [7, 11) is 0. The van der Waals surface area contributed by atoms with Crippen molar-refractivity contribution in [3.63, 3.8) is 0 Å². The molecule has 0 bridgehead atoms. The van der Waals surface area contributed by atoms with E-state index in [1.54, 1.807) is 11.3 Å². The Morgan fingerprint density at radius 3 is 2.83 bits per heavy atom. The molecule has 1 saturated carbocycles. The molecule has 18 heavy (non-hydrogen) atoms. The minimum Gasteiger partial charge on any atom is -0.368 e. The molecule has 0 aliphatic heterocycles. The molecule has 1 fully saturated rings. The fourth-order valence-electron chi connectivity index (χ4n) is 2.69. The molecule has 3 nitrogen and oxygen atoms in total. The number of carbonyl (C=O) groups excluding carboxylic acids is 1. The van der Waals surface area contributed by atoms with Gasteiger partial charge < -0.3 is 11.1 Å². The van der Waals surface area contributed by atoms with Gasteiger partial charge in [-0.3, -0.25) is 4.79 Å². The lowest BCUT2D eigenvalue weighted by Gasteiger charge is -2.25. The molecule has 0 spiro atoms. The molecule has 0 radical (unpaired) electrons. The van der Waals surface area contributed by atoms with Crippen LogP contribution in [0.5, 0.6) is 0 Å². The number of rotatable bonds is 6. The molecule has 1 aliphatic rings. The minimum atomic E-state index is -0.211. The summed E-state index contributed by atoms with van der Waals surface area (Å²) >= 11 is 1.71. The molecule has 0 aromatic carbocycles. The van der Waals surface area contributed by atoms with E-state index in [9.17, 15) is 4.79 Å². The van der Waals surface area contributed by atoms with E-state index in [4.69, 9.17) is 5.73 Å². The van der Waals surface area contributed by atoms with Gasteiger partial charge >= 0.3 is 0 Å². The number of hydrogen-bond donors (Lipinski definition) is 2. The molecular formula is C14H22N2OS. The normalized spacial score (nSPS) is 18.7. The summed E-state index contributed by atoms with van der Waals surface area (Å²) in [6, 6.07) is 3.94. The summed E-state index contributed by atoms with van der Waals surface area (Å²) in [5, 5.41) is 5.36. The number of amides is 1. The molecule has 1 aromatic rings. The summed E-state index contributed by atoms with van der Waals surface area (Å²) in [5.74, 6) is 0.462. The predicted octanol–water partition coefficient (Wildman–Crippen LogP) is 2.66. The highest BCUT2D eigenvalue weighted by Crippen LogP contribution is 2.27. The van der Waals surface area contributed by atoms with Crippen molar-refractivity contribution in [1.82, 2.24) is 5.32 Å². The van der Waals surface area contributed by atoms with Gasteiger partial charge in [-0.1, -0.05) is 38.2 Å². The van der Waals surface area contributed by atoms with E-state index in [-0.39, 0.29) is 11.9 Å². The minimum absolute atomic E-state index is 0.171. The van der Waals surface area contributed by atoms with E-state index in [0.29, 0.717) is 5.92 Å². The Hall–Kier alpha value is -0.870. The van der Waals surface area contributed by atoms with E-state index >= 15 is 0 Å². The standard InChI is InChI=1S/C14H22N2OS/c15-14(17)13(9-11-5-2-1-3-6-11)16-10-12-7-4-8-18-12/h4,7-8,11,13,16H,1-3,5-6,9-10H2,(H2,15,17). The largest absolute Gasteiger partial charge is 0.368 e. The SMILES string of the molecule is NC(=O)C(CC1CCCCC1)NCc1cccs1. The lowest BCUT2D eigenvalue weighted by Crippen LogP contribution is -2.42. The van der Waals surface area contributed by atoms with E-state index in [0.717, 1.165) is 13.0 Å². The molecule has 2 rings (SSSR count). The first-order valence-corrected chi connectivity index (χ1v) is 7.69. The lowest BCUT2D eigenvalue weighted by atomic mass is 9.84. The van der Waals surface area contributed by atoms with Crippen LogP contribution in [0.3, 0.4) is 0 Å². The van der Waals surface area contributed by atoms with Crippen molar-refractivity contribution >= 4 is 17.2 Å². The van der Waals surface area contributed by atoms with Crippen LogP contribution in [0.1, 0.15) is 43.4 Å². The van der Waals surface area contributed by atoms with Gasteiger partial charge in [-0.15, -0.1) is 11.3 Å². The Balaban J connectivity index is 1.81. The number of nitrogens with one attached hydrogen (secondary N) is 1. The van der Waals surface area contributed by atoms with E-state index in [1.165, 1.54) is 37.0 Å². The van der Waals surface area contributed by atoms with Gasteiger partial charge in [-0.2, -0.15) is 0 Å². The van der Waals surface area contributed by atoms with Crippen molar-refractivity contribution in [2.24, 2.45) is 11.7 Å². The summed E-state index contributed by atoms with van der Waals surface area (Å²) < 4.78 is 0. The first-order valence-electron chi connectivity index (χ1n) is 6.81. The average molecular weight is 266 g/mol. The second kappa shape index (κ2) is 6.90. The van der Waals surface area contributed by atoms with Gasteiger partial charge in [-0.05, 0) is 23.8 Å². The van der Waals surface area contributed by atoms with Crippen LogP contribution in [-0.2, 0) is 11.3 Å². The molecular weight excluding hydrogens is 244 g/mol. The third-order valence-corrected chi connectivity index (χ3v) is 4.62. The fraction of sp³-hybridized carbons (Fsp3) is 0.643. The van der Waals surface area contributed by atoms with Crippen molar-refractivity contribution in [3.8, 4) is 0 Å². The lowest BCUT2D eigenvalue weighted by molar-refractivity contribution is -0.120. The van der Waals surface area contributed by atoms with Crippen LogP contribution in [-0.4, -0.2) is 11.9 Å². The Morgan fingerprint density at radius 2 is 2.22 bits per heavy atom. The van der Waals surface area contributed by atoms with Crippen LogP contribution in [0.15, 0.2) is 17.5 Å². The first-order chi connectivity index (χ1) is 8.75. The number of nitrogens with two attached hydrogens (primary N) is 1. The zero-order valence-corrected chi connectivity index (χ0v) is 11.5. The van der Waals surface area contributed by atoms with Crippen LogP contribution < -0.4 is 11.1 Å². The molecule has 1 aromatic heterocycles. The Labute approximate surface area is 113 Å². The van der Waals surface area contributed by atoms with Crippen molar-refractivity contribution in [2.75, 3.05) is 0 Å². The van der Waals surface area contributed by atoms with Gasteiger partial charge in [0.1, 0.15) is 0 Å². The quantitative estimate of drug-likeness (QED) is 0.831. The molecule has 1 amide bonds. The molecule has 4 heteroatoms. The zero-order chi connectivity index (χ0) is 12.8. The second-order valence-corrected chi connectivity index (χ2v) is 6.19. The Bertz CT molecular complexity index is 358. The van der Waals surface area contributed by atoms with Crippen molar-refractivity contribution in [2.45, 2.75) is 51.1 Å². The number of primary amides is 1. The van der Waals surface area contributed by atoms with E-state index in [2.05, 4.69) is 16.8 Å². The van der Waals surface area contributed by atoms with E-state index in [1.807, 2.05) is 6.07 Å². The van der Waals surface area contributed by atoms with Crippen LogP contribution in [0.4, 0.5) is 0 Å². The maximum atomic E-state index is 11.5. The number of carbonyl (C=O) groups is 1. The maximum absolute atomic E-state index is 11.5. The van der Waals surface area contributed by atoms with Crippen LogP contribution >= 0.6 is 11.3 Å². The molecule has 1 heterocycles. The van der Waals surface area contributed by atoms with Crippen molar-refractivity contribution < 1.29 is 4.79 Å². The van der Waals surface area contributed by atoms with Crippen LogP contribution in [0.25, 0.3) is 0 Å². The predicted molar refractivity (Wildman–Crippen MR) is 75.3 cm³/mol. The Kier molecular flexibility index (Phi) is 5.20. The van der Waals surface area contributed by atoms with Gasteiger partial charge in [0.25, 0.3) is 0 Å². The molecule has 1 aliphatic carbocycles. The summed E-state index contributed by atoms with van der Waals surface area (Å²) in [5.41, 5.74) is 5.50. The van der Waals surface area contributed by atoms with Gasteiger partial charge in [0, 0.05) is 11.4 Å². The third kappa shape index (κ3) is 4.10. The van der Waals surface area contributed by atoms with Crippen molar-refractivity contribution in [3.05, 3.63) is 22.4 Å². The molecule has 100 valence electrons. The van der Waals surface area contributed by atoms with Crippen LogP contribution in [0, 0.1) is 5.92 Å². The third-order valence-electron chi connectivity index (χ3n) is 3.74. The molecule has 1 unspecified atom stereocenters. The van der Waals surface area contributed by atoms with E-state index < -0.39 is 0 Å². The van der Waals surface area contributed by atoms with Gasteiger partial charge in [-0.25, -0.2) is 0 Å². The monoisotopic (exact) mass is 266 g/mol. The molecule has 1 atom stereocenters. The van der Waals surface area contributed by atoms with Gasteiger partial charge in [0.2, 0.25) is 5.91 Å². The van der Waals surface area contributed by atoms with Gasteiger partial charge in [0.15, 0.2) is 0 Å². The number of hydrogen-bond acceptors (Lipinski definition) is 3. The molecule has 0 saturated heterocycles. The van der Waals surface area contributed by atoms with Crippen LogP contribution in [0.2, 0.25) is 0 Å². The maximum Gasteiger partial charge on any atom is 0.234 e. The topological polar surface area (TPSA) is 55.1 Å². The highest BCUT2D eigenvalue weighted by Gasteiger charge is 2.22. The summed E-state index contributed by atoms with van der Waals surface area (Å²) in [6.07, 6.45) is 7.37. The second-order valence-electron chi connectivity index (χ2n) is 5.15. The number of thiophene rings is 1. The Morgan fingerprint density at radius 1 is 1.44 bits per heavy atom. The smallest absolute Gasteiger partial charge is 0.234 e. The average Bonchev–Trinajstić information content (AvgIpc) is 2.88. The summed E-state index contributed by atoms with van der Waals surface area (Å²) in [6.45, 7) is 0.748. The summed E-state index contributed by atoms with van der Waals surface area (Å²) in [4.78, 5) is 12.8. The highest BCUT2D eigenvalue weighted by atomic mass is 32.1. The first kappa shape index (κ1) is 13.6. The zero-order valence-electron chi connectivity index (χ0n) is 10.7. The molecule has 3 N–H and O–H groups in total. The van der Waals surface area contributed by atoms with Crippen molar-refractivity contribution in [1.29, 1.82) is 0 Å². The van der Waals surface area contributed by atoms with Gasteiger partial charge in [0.05, 0.1) is 6.04 Å².